The number of methoxy groups -OCH3 is 1. The molecule has 22 heavy (non-hydrogen) atoms. The van der Waals surface area contributed by atoms with Gasteiger partial charge in [0.1, 0.15) is 5.75 Å². The van der Waals surface area contributed by atoms with Gasteiger partial charge in [0.25, 0.3) is 0 Å². The van der Waals surface area contributed by atoms with Gasteiger partial charge in [-0.2, -0.15) is 0 Å². The minimum atomic E-state index is 0. The Morgan fingerprint density at radius 2 is 2.05 bits per heavy atom. The molecular formula is C17H27ClN2O2. The molecule has 124 valence electrons. The molecule has 0 bridgehead atoms. The van der Waals surface area contributed by atoms with Crippen LogP contribution in [-0.4, -0.2) is 13.0 Å². The average molecular weight is 327 g/mol. The molecule has 0 radical (unpaired) electrons. The molecule has 1 aliphatic carbocycles. The number of halogens is 1. The number of benzene rings is 1. The number of hydrogen-bond donors (Lipinski definition) is 2. The quantitative estimate of drug-likeness (QED) is 0.762. The summed E-state index contributed by atoms with van der Waals surface area (Å²) in [5.41, 5.74) is 7.10. The van der Waals surface area contributed by atoms with Gasteiger partial charge in [0, 0.05) is 12.1 Å². The molecule has 1 amide bonds. The van der Waals surface area contributed by atoms with E-state index >= 15 is 0 Å². The number of nitrogens with one attached hydrogen (secondary N) is 1. The Labute approximate surface area is 139 Å². The largest absolute Gasteiger partial charge is 0.495 e. The predicted molar refractivity (Wildman–Crippen MR) is 93.7 cm³/mol. The summed E-state index contributed by atoms with van der Waals surface area (Å²) in [6, 6.07) is 5.32. The summed E-state index contributed by atoms with van der Waals surface area (Å²) in [5, 5.41) is 2.90. The van der Waals surface area contributed by atoms with E-state index in [0.29, 0.717) is 17.9 Å². The van der Waals surface area contributed by atoms with Crippen LogP contribution in [0.4, 0.5) is 11.4 Å². The zero-order valence-corrected chi connectivity index (χ0v) is 14.1. The molecule has 1 aromatic carbocycles. The Kier molecular flexibility index (Phi) is 8.10. The van der Waals surface area contributed by atoms with Crippen molar-refractivity contribution >= 4 is 29.7 Å². The lowest BCUT2D eigenvalue weighted by molar-refractivity contribution is -0.116. The molecule has 1 aromatic rings. The summed E-state index contributed by atoms with van der Waals surface area (Å²) in [6.45, 7) is 0. The molecule has 3 N–H and O–H groups in total. The normalized spacial score (nSPS) is 15.0. The van der Waals surface area contributed by atoms with Crippen molar-refractivity contribution in [3.8, 4) is 5.75 Å². The van der Waals surface area contributed by atoms with Gasteiger partial charge in [-0.15, -0.1) is 12.4 Å². The summed E-state index contributed by atoms with van der Waals surface area (Å²) in [6.07, 6.45) is 9.54. The predicted octanol–water partition coefficient (Wildman–Crippen LogP) is 4.39. The van der Waals surface area contributed by atoms with E-state index in [1.54, 1.807) is 19.2 Å². The molecule has 5 heteroatoms. The highest BCUT2D eigenvalue weighted by molar-refractivity contribution is 5.91. The smallest absolute Gasteiger partial charge is 0.224 e. The first-order valence-corrected chi connectivity index (χ1v) is 7.92. The van der Waals surface area contributed by atoms with Crippen molar-refractivity contribution in [2.75, 3.05) is 18.2 Å². The van der Waals surface area contributed by atoms with Gasteiger partial charge in [0.2, 0.25) is 5.91 Å². The van der Waals surface area contributed by atoms with Gasteiger partial charge in [0.05, 0.1) is 12.8 Å². The van der Waals surface area contributed by atoms with Crippen molar-refractivity contribution in [3.05, 3.63) is 18.2 Å². The number of rotatable bonds is 6. The number of carbonyl (C=O) groups is 1. The van der Waals surface area contributed by atoms with Crippen molar-refractivity contribution in [1.29, 1.82) is 0 Å². The van der Waals surface area contributed by atoms with Gasteiger partial charge < -0.3 is 15.8 Å². The van der Waals surface area contributed by atoms with Crippen molar-refractivity contribution in [2.24, 2.45) is 5.92 Å². The van der Waals surface area contributed by atoms with E-state index in [4.69, 9.17) is 10.5 Å². The highest BCUT2D eigenvalue weighted by Gasteiger charge is 2.13. The van der Waals surface area contributed by atoms with Gasteiger partial charge in [-0.25, -0.2) is 0 Å². The van der Waals surface area contributed by atoms with Crippen molar-refractivity contribution in [3.63, 3.8) is 0 Å². The van der Waals surface area contributed by atoms with E-state index in [2.05, 4.69) is 5.32 Å². The molecule has 0 aliphatic heterocycles. The summed E-state index contributed by atoms with van der Waals surface area (Å²) in [5.74, 6) is 1.53. The molecule has 0 spiro atoms. The summed E-state index contributed by atoms with van der Waals surface area (Å²) >= 11 is 0. The standard InChI is InChI=1S/C17H26N2O2.ClH/c1-21-16-11-10-14(12-15(16)18)19-17(20)9-5-8-13-6-3-2-4-7-13;/h10-13H,2-9,18H2,1H3,(H,19,20);1H. The first-order chi connectivity index (χ1) is 10.2. The van der Waals surface area contributed by atoms with Crippen LogP contribution in [0.2, 0.25) is 0 Å². The van der Waals surface area contributed by atoms with Crippen molar-refractivity contribution < 1.29 is 9.53 Å². The third-order valence-corrected chi connectivity index (χ3v) is 4.25. The molecule has 0 heterocycles. The molecule has 1 aliphatic rings. The van der Waals surface area contributed by atoms with E-state index < -0.39 is 0 Å². The maximum atomic E-state index is 11.9. The van der Waals surface area contributed by atoms with E-state index in [1.165, 1.54) is 38.5 Å². The van der Waals surface area contributed by atoms with Gasteiger partial charge >= 0.3 is 0 Å². The molecule has 0 aromatic heterocycles. The first-order valence-electron chi connectivity index (χ1n) is 7.92. The van der Waals surface area contributed by atoms with E-state index in [9.17, 15) is 4.79 Å². The molecule has 2 rings (SSSR count). The third kappa shape index (κ3) is 5.76. The molecule has 0 atom stereocenters. The van der Waals surface area contributed by atoms with Crippen LogP contribution in [0.1, 0.15) is 51.4 Å². The summed E-state index contributed by atoms with van der Waals surface area (Å²) in [4.78, 5) is 11.9. The van der Waals surface area contributed by atoms with Crippen molar-refractivity contribution in [1.82, 2.24) is 0 Å². The zero-order chi connectivity index (χ0) is 15.1. The number of anilines is 2. The second-order valence-corrected chi connectivity index (χ2v) is 5.90. The molecule has 0 unspecified atom stereocenters. The maximum Gasteiger partial charge on any atom is 0.224 e. The van der Waals surface area contributed by atoms with Gasteiger partial charge in [-0.05, 0) is 37.0 Å². The average Bonchev–Trinajstić information content (AvgIpc) is 2.48. The fourth-order valence-corrected chi connectivity index (χ4v) is 3.06. The summed E-state index contributed by atoms with van der Waals surface area (Å²) in [7, 11) is 1.58. The van der Waals surface area contributed by atoms with Gasteiger partial charge in [0.15, 0.2) is 0 Å². The lowest BCUT2D eigenvalue weighted by atomic mass is 9.86. The van der Waals surface area contributed by atoms with Crippen LogP contribution in [0, 0.1) is 5.92 Å². The molecule has 0 saturated heterocycles. The Balaban J connectivity index is 0.00000242. The molecule has 4 nitrogen and oxygen atoms in total. The van der Waals surface area contributed by atoms with Crippen LogP contribution in [0.15, 0.2) is 18.2 Å². The summed E-state index contributed by atoms with van der Waals surface area (Å²) < 4.78 is 5.10. The van der Waals surface area contributed by atoms with Gasteiger partial charge in [-0.3, -0.25) is 4.79 Å². The fraction of sp³-hybridized carbons (Fsp3) is 0.588. The fourth-order valence-electron chi connectivity index (χ4n) is 3.06. The molecular weight excluding hydrogens is 300 g/mol. The van der Waals surface area contributed by atoms with Crippen LogP contribution in [0.3, 0.4) is 0 Å². The number of nitrogen functional groups attached to an aromatic ring is 1. The zero-order valence-electron chi connectivity index (χ0n) is 13.3. The Hall–Kier alpha value is -1.42. The topological polar surface area (TPSA) is 64.3 Å². The Morgan fingerprint density at radius 3 is 2.68 bits per heavy atom. The van der Waals surface area contributed by atoms with E-state index in [-0.39, 0.29) is 18.3 Å². The first kappa shape index (κ1) is 18.6. The van der Waals surface area contributed by atoms with E-state index in [0.717, 1.165) is 18.0 Å². The van der Waals surface area contributed by atoms with E-state index in [1.807, 2.05) is 6.07 Å². The second kappa shape index (κ2) is 9.57. The van der Waals surface area contributed by atoms with Crippen LogP contribution in [0.25, 0.3) is 0 Å². The number of carbonyl (C=O) groups excluding carboxylic acids is 1. The third-order valence-electron chi connectivity index (χ3n) is 4.25. The van der Waals surface area contributed by atoms with Crippen molar-refractivity contribution in [2.45, 2.75) is 51.4 Å². The van der Waals surface area contributed by atoms with Crippen LogP contribution in [0.5, 0.6) is 5.75 Å². The highest BCUT2D eigenvalue weighted by atomic mass is 35.5. The number of amides is 1. The minimum absolute atomic E-state index is 0. The monoisotopic (exact) mass is 326 g/mol. The van der Waals surface area contributed by atoms with Crippen LogP contribution < -0.4 is 15.8 Å². The number of hydrogen-bond acceptors (Lipinski definition) is 3. The number of ether oxygens (including phenoxy) is 1. The maximum absolute atomic E-state index is 11.9. The Morgan fingerprint density at radius 1 is 1.32 bits per heavy atom. The highest BCUT2D eigenvalue weighted by Crippen LogP contribution is 2.28. The Bertz CT molecular complexity index is 474. The lowest BCUT2D eigenvalue weighted by Crippen LogP contribution is -2.13. The van der Waals surface area contributed by atoms with Gasteiger partial charge in [-0.1, -0.05) is 32.1 Å². The SMILES string of the molecule is COc1ccc(NC(=O)CCCC2CCCCC2)cc1N.Cl. The molecule has 1 saturated carbocycles. The molecule has 1 fully saturated rings. The minimum Gasteiger partial charge on any atom is -0.495 e. The number of nitrogens with two attached hydrogens (primary N) is 1. The lowest BCUT2D eigenvalue weighted by Gasteiger charge is -2.21. The van der Waals surface area contributed by atoms with Crippen LogP contribution >= 0.6 is 12.4 Å². The second-order valence-electron chi connectivity index (χ2n) is 5.90. The van der Waals surface area contributed by atoms with Crippen LogP contribution in [-0.2, 0) is 4.79 Å².